The largest absolute Gasteiger partial charge is 0.393 e. The van der Waals surface area contributed by atoms with E-state index in [2.05, 4.69) is 26.3 Å². The number of urea groups is 1. The maximum atomic E-state index is 12.9. The molecular weight excluding hydrogens is 515 g/mol. The predicted molar refractivity (Wildman–Crippen MR) is 138 cm³/mol. The molecule has 1 aliphatic rings. The summed E-state index contributed by atoms with van der Waals surface area (Å²) >= 11 is 18.1. The fraction of sp³-hybridized carbons (Fsp3) is 0.217. The average Bonchev–Trinajstić information content (AvgIpc) is 2.83. The number of piperidine rings is 1. The fourth-order valence-electron chi connectivity index (χ4n) is 3.23. The first-order valence-electron chi connectivity index (χ1n) is 10.6. The van der Waals surface area contributed by atoms with Gasteiger partial charge >= 0.3 is 6.03 Å². The molecule has 0 saturated carbocycles. The maximum Gasteiger partial charge on any atom is 0.345 e. The second-order valence-corrected chi connectivity index (χ2v) is 8.82. The molecule has 1 saturated heterocycles. The Morgan fingerprint density at radius 3 is 2.26 bits per heavy atom. The molecule has 1 heterocycles. The lowest BCUT2D eigenvalue weighted by Gasteiger charge is -2.24. The van der Waals surface area contributed by atoms with E-state index in [0.717, 1.165) is 32.1 Å². The molecular formula is C23H23Cl3N6O3. The van der Waals surface area contributed by atoms with Gasteiger partial charge in [0.2, 0.25) is 0 Å². The van der Waals surface area contributed by atoms with Gasteiger partial charge in [0.15, 0.2) is 0 Å². The highest BCUT2D eigenvalue weighted by Crippen LogP contribution is 2.24. The van der Waals surface area contributed by atoms with Crippen LogP contribution < -0.4 is 27.0 Å². The van der Waals surface area contributed by atoms with Crippen LogP contribution in [0.2, 0.25) is 15.1 Å². The molecule has 0 aliphatic carbocycles. The molecule has 0 bridgehead atoms. The topological polar surface area (TPSA) is 138 Å². The minimum absolute atomic E-state index is 0.0149. The molecule has 1 aliphatic heterocycles. The van der Waals surface area contributed by atoms with E-state index in [1.807, 2.05) is 0 Å². The fourth-order valence-corrected chi connectivity index (χ4v) is 3.93. The quantitative estimate of drug-likeness (QED) is 0.282. The van der Waals surface area contributed by atoms with Crippen LogP contribution >= 0.6 is 34.8 Å². The van der Waals surface area contributed by atoms with Crippen molar-refractivity contribution >= 4 is 64.6 Å². The number of nitrogens with one attached hydrogen (secondary N) is 4. The van der Waals surface area contributed by atoms with Crippen molar-refractivity contribution in [3.8, 4) is 0 Å². The van der Waals surface area contributed by atoms with E-state index in [1.165, 1.54) is 12.1 Å². The zero-order valence-corrected chi connectivity index (χ0v) is 20.7. The second kappa shape index (κ2) is 12.6. The number of carbonyl (C=O) groups is 3. The first-order valence-corrected chi connectivity index (χ1v) is 11.8. The summed E-state index contributed by atoms with van der Waals surface area (Å²) in [7, 11) is 0. The Morgan fingerprint density at radius 2 is 1.63 bits per heavy atom. The van der Waals surface area contributed by atoms with Crippen LogP contribution in [0.25, 0.3) is 0 Å². The van der Waals surface area contributed by atoms with Gasteiger partial charge in [0.1, 0.15) is 5.70 Å². The van der Waals surface area contributed by atoms with Crippen LogP contribution in [0.3, 0.4) is 0 Å². The zero-order valence-electron chi connectivity index (χ0n) is 18.4. The van der Waals surface area contributed by atoms with Crippen molar-refractivity contribution in [2.75, 3.05) is 18.4 Å². The van der Waals surface area contributed by atoms with Crippen LogP contribution in [0.1, 0.15) is 23.2 Å². The van der Waals surface area contributed by atoms with E-state index in [0.29, 0.717) is 10.7 Å². The molecule has 0 atom stereocenters. The molecule has 3 rings (SSSR count). The highest BCUT2D eigenvalue weighted by Gasteiger charge is 2.21. The zero-order chi connectivity index (χ0) is 25.4. The van der Waals surface area contributed by atoms with E-state index < -0.39 is 17.8 Å². The number of aliphatic imine (C=N–C) groups is 1. The van der Waals surface area contributed by atoms with Gasteiger partial charge in [-0.3, -0.25) is 9.59 Å². The molecule has 0 unspecified atom stereocenters. The average molecular weight is 538 g/mol. The van der Waals surface area contributed by atoms with Gasteiger partial charge in [0.25, 0.3) is 11.8 Å². The van der Waals surface area contributed by atoms with Crippen LogP contribution in [-0.4, -0.2) is 43.2 Å². The molecule has 6 N–H and O–H groups in total. The Labute approximate surface area is 217 Å². The van der Waals surface area contributed by atoms with Crippen LogP contribution in [-0.2, 0) is 4.79 Å². The van der Waals surface area contributed by atoms with Gasteiger partial charge in [-0.05, 0) is 62.3 Å². The molecule has 12 heteroatoms. The summed E-state index contributed by atoms with van der Waals surface area (Å²) in [4.78, 5) is 41.8. The lowest BCUT2D eigenvalue weighted by molar-refractivity contribution is -0.118. The lowest BCUT2D eigenvalue weighted by Crippen LogP contribution is -2.45. The first-order chi connectivity index (χ1) is 16.7. The smallest absolute Gasteiger partial charge is 0.345 e. The van der Waals surface area contributed by atoms with Gasteiger partial charge < -0.3 is 27.0 Å². The number of carbonyl (C=O) groups excluding carboxylic acids is 3. The van der Waals surface area contributed by atoms with Crippen molar-refractivity contribution in [2.45, 2.75) is 18.9 Å². The Bertz CT molecular complexity index is 1140. The number of amides is 4. The normalized spacial score (nSPS) is 14.8. The Hall–Kier alpha value is -3.11. The molecule has 184 valence electrons. The van der Waals surface area contributed by atoms with E-state index in [1.54, 1.807) is 30.3 Å². The minimum atomic E-state index is -0.763. The summed E-state index contributed by atoms with van der Waals surface area (Å²) < 4.78 is 0. The third-order valence-electron chi connectivity index (χ3n) is 5.05. The Kier molecular flexibility index (Phi) is 9.50. The van der Waals surface area contributed by atoms with Gasteiger partial charge in [0, 0.05) is 16.8 Å². The van der Waals surface area contributed by atoms with Crippen LogP contribution in [0.15, 0.2) is 58.9 Å². The first kappa shape index (κ1) is 26.5. The van der Waals surface area contributed by atoms with Gasteiger partial charge in [-0.2, -0.15) is 4.99 Å². The number of nitrogens with two attached hydrogens (primary N) is 1. The van der Waals surface area contributed by atoms with Crippen molar-refractivity contribution in [2.24, 2.45) is 10.7 Å². The predicted octanol–water partition coefficient (Wildman–Crippen LogP) is 3.72. The van der Waals surface area contributed by atoms with Crippen molar-refractivity contribution in [1.29, 1.82) is 0 Å². The highest BCUT2D eigenvalue weighted by molar-refractivity contribution is 6.39. The van der Waals surface area contributed by atoms with Crippen LogP contribution in [0.4, 0.5) is 10.5 Å². The molecule has 4 amide bonds. The van der Waals surface area contributed by atoms with Crippen LogP contribution in [0, 0.1) is 0 Å². The molecule has 0 spiro atoms. The van der Waals surface area contributed by atoms with Gasteiger partial charge in [-0.15, -0.1) is 0 Å². The summed E-state index contributed by atoms with van der Waals surface area (Å²) in [6.45, 7) is 1.52. The SMILES string of the molecule is N/C(C(=O)NC1CCNCC1)=C(\C=N\C(=O)Nc1ccc(Cl)cc1)NC(=O)c1c(Cl)cccc1Cl. The molecule has 1 fully saturated rings. The lowest BCUT2D eigenvalue weighted by atomic mass is 10.1. The summed E-state index contributed by atoms with van der Waals surface area (Å²) in [6.07, 6.45) is 2.45. The number of halogens is 3. The van der Waals surface area contributed by atoms with Gasteiger partial charge in [0.05, 0.1) is 27.5 Å². The molecule has 0 radical (unpaired) electrons. The van der Waals surface area contributed by atoms with E-state index >= 15 is 0 Å². The number of hydrogen-bond acceptors (Lipinski definition) is 5. The number of anilines is 1. The molecule has 0 aromatic heterocycles. The summed E-state index contributed by atoms with van der Waals surface area (Å²) in [5, 5.41) is 11.8. The minimum Gasteiger partial charge on any atom is -0.393 e. The number of hydrogen-bond donors (Lipinski definition) is 5. The molecule has 35 heavy (non-hydrogen) atoms. The summed E-state index contributed by atoms with van der Waals surface area (Å²) in [6, 6.07) is 10.1. The summed E-state index contributed by atoms with van der Waals surface area (Å²) in [5.74, 6) is -1.33. The number of benzene rings is 2. The Balaban J connectivity index is 1.83. The van der Waals surface area contributed by atoms with E-state index in [-0.39, 0.29) is 33.0 Å². The van der Waals surface area contributed by atoms with E-state index in [4.69, 9.17) is 40.5 Å². The van der Waals surface area contributed by atoms with Crippen molar-refractivity contribution in [1.82, 2.24) is 16.0 Å². The van der Waals surface area contributed by atoms with Crippen molar-refractivity contribution in [3.05, 3.63) is 74.5 Å². The Morgan fingerprint density at radius 1 is 1.00 bits per heavy atom. The van der Waals surface area contributed by atoms with Crippen molar-refractivity contribution < 1.29 is 14.4 Å². The van der Waals surface area contributed by atoms with Crippen LogP contribution in [0.5, 0.6) is 0 Å². The molecule has 2 aromatic rings. The highest BCUT2D eigenvalue weighted by atomic mass is 35.5. The monoisotopic (exact) mass is 536 g/mol. The third-order valence-corrected chi connectivity index (χ3v) is 5.94. The van der Waals surface area contributed by atoms with Gasteiger partial charge in [-0.1, -0.05) is 40.9 Å². The number of nitrogens with zero attached hydrogens (tertiary/aromatic N) is 1. The molecule has 9 nitrogen and oxygen atoms in total. The third kappa shape index (κ3) is 7.69. The summed E-state index contributed by atoms with van der Waals surface area (Å²) in [5.41, 5.74) is 5.98. The standard InChI is InChI=1S/C23H23Cl3N6O3/c24-13-4-6-14(7-5-13)31-23(35)29-12-18(20(27)22(34)30-15-8-10-28-11-9-15)32-21(33)19-16(25)2-1-3-17(19)26/h1-7,12,15,28H,8-11,27H2,(H,30,34)(H,31,35)(H,32,33)/b20-18+,29-12+. The number of rotatable bonds is 6. The molecule has 2 aromatic carbocycles. The van der Waals surface area contributed by atoms with Crippen molar-refractivity contribution in [3.63, 3.8) is 0 Å². The second-order valence-electron chi connectivity index (χ2n) is 7.57. The maximum absolute atomic E-state index is 12.9. The van der Waals surface area contributed by atoms with Gasteiger partial charge in [-0.25, -0.2) is 4.79 Å². The van der Waals surface area contributed by atoms with E-state index in [9.17, 15) is 14.4 Å². The number of allylic oxidation sites excluding steroid dienone is 1.